The highest BCUT2D eigenvalue weighted by Gasteiger charge is 2.27. The summed E-state index contributed by atoms with van der Waals surface area (Å²) in [5.74, 6) is 0.818. The predicted molar refractivity (Wildman–Crippen MR) is 85.3 cm³/mol. The molecule has 1 aliphatic rings. The first-order valence-electron chi connectivity index (χ1n) is 7.82. The van der Waals surface area contributed by atoms with Crippen LogP contribution in [0.2, 0.25) is 0 Å². The SMILES string of the molecule is CC(C)N(C(=O)CN(CCO)CC1CC1)c1ccccc1. The van der Waals surface area contributed by atoms with E-state index < -0.39 is 0 Å². The molecule has 4 nitrogen and oxygen atoms in total. The van der Waals surface area contributed by atoms with Gasteiger partial charge in [-0.1, -0.05) is 18.2 Å². The zero-order valence-electron chi connectivity index (χ0n) is 13.0. The van der Waals surface area contributed by atoms with Crippen molar-refractivity contribution in [2.75, 3.05) is 31.1 Å². The third-order valence-electron chi connectivity index (χ3n) is 3.81. The smallest absolute Gasteiger partial charge is 0.241 e. The molecule has 0 radical (unpaired) electrons. The quantitative estimate of drug-likeness (QED) is 0.797. The average Bonchev–Trinajstić information content (AvgIpc) is 3.24. The van der Waals surface area contributed by atoms with Crippen LogP contribution in [0.25, 0.3) is 0 Å². The predicted octanol–water partition coefficient (Wildman–Crippen LogP) is 2.13. The van der Waals surface area contributed by atoms with E-state index in [2.05, 4.69) is 4.90 Å². The van der Waals surface area contributed by atoms with E-state index in [-0.39, 0.29) is 18.6 Å². The van der Waals surface area contributed by atoms with Crippen LogP contribution in [-0.2, 0) is 4.79 Å². The lowest BCUT2D eigenvalue weighted by atomic mass is 10.2. The van der Waals surface area contributed by atoms with Gasteiger partial charge in [0, 0.05) is 24.8 Å². The highest BCUT2D eigenvalue weighted by Crippen LogP contribution is 2.29. The summed E-state index contributed by atoms with van der Waals surface area (Å²) in [4.78, 5) is 16.6. The summed E-state index contributed by atoms with van der Waals surface area (Å²) in [5.41, 5.74) is 0.938. The maximum atomic E-state index is 12.7. The van der Waals surface area contributed by atoms with E-state index in [1.165, 1.54) is 12.8 Å². The molecule has 1 amide bonds. The zero-order chi connectivity index (χ0) is 15.2. The second-order valence-electron chi connectivity index (χ2n) is 6.10. The van der Waals surface area contributed by atoms with Crippen molar-refractivity contribution < 1.29 is 9.90 Å². The van der Waals surface area contributed by atoms with E-state index >= 15 is 0 Å². The van der Waals surface area contributed by atoms with Gasteiger partial charge in [-0.15, -0.1) is 0 Å². The zero-order valence-corrected chi connectivity index (χ0v) is 13.0. The van der Waals surface area contributed by atoms with Crippen molar-refractivity contribution in [1.29, 1.82) is 0 Å². The second kappa shape index (κ2) is 7.57. The molecule has 1 fully saturated rings. The molecule has 1 aromatic carbocycles. The lowest BCUT2D eigenvalue weighted by Gasteiger charge is -2.30. The Kier molecular flexibility index (Phi) is 5.76. The molecule has 0 aromatic heterocycles. The van der Waals surface area contributed by atoms with Gasteiger partial charge in [0.1, 0.15) is 0 Å². The van der Waals surface area contributed by atoms with Gasteiger partial charge in [-0.25, -0.2) is 0 Å². The summed E-state index contributed by atoms with van der Waals surface area (Å²) >= 11 is 0. The first kappa shape index (κ1) is 16.0. The van der Waals surface area contributed by atoms with Crippen LogP contribution in [0.4, 0.5) is 5.69 Å². The molecule has 0 saturated heterocycles. The fourth-order valence-electron chi connectivity index (χ4n) is 2.63. The van der Waals surface area contributed by atoms with Gasteiger partial charge in [0.25, 0.3) is 0 Å². The molecule has 0 unspecified atom stereocenters. The van der Waals surface area contributed by atoms with Crippen molar-refractivity contribution in [2.45, 2.75) is 32.7 Å². The van der Waals surface area contributed by atoms with Crippen molar-refractivity contribution in [3.8, 4) is 0 Å². The number of carbonyl (C=O) groups excluding carboxylic acids is 1. The first-order chi connectivity index (χ1) is 10.1. The van der Waals surface area contributed by atoms with Gasteiger partial charge >= 0.3 is 0 Å². The van der Waals surface area contributed by atoms with Crippen LogP contribution in [-0.4, -0.2) is 48.2 Å². The Hall–Kier alpha value is -1.39. The maximum absolute atomic E-state index is 12.7. The summed E-state index contributed by atoms with van der Waals surface area (Å²) in [6, 6.07) is 9.92. The number of benzene rings is 1. The van der Waals surface area contributed by atoms with Crippen LogP contribution < -0.4 is 4.90 Å². The summed E-state index contributed by atoms with van der Waals surface area (Å²) in [6.07, 6.45) is 2.51. The van der Waals surface area contributed by atoms with E-state index in [4.69, 9.17) is 0 Å². The van der Waals surface area contributed by atoms with Gasteiger partial charge in [0.15, 0.2) is 0 Å². The largest absolute Gasteiger partial charge is 0.395 e. The Balaban J connectivity index is 2.03. The number of hydrogen-bond acceptors (Lipinski definition) is 3. The standard InChI is InChI=1S/C17H26N2O2/c1-14(2)19(16-6-4-3-5-7-16)17(21)13-18(10-11-20)12-15-8-9-15/h3-7,14-15,20H,8-13H2,1-2H3. The molecule has 1 aliphatic carbocycles. The van der Waals surface area contributed by atoms with Gasteiger partial charge in [-0.2, -0.15) is 0 Å². The Morgan fingerprint density at radius 2 is 1.95 bits per heavy atom. The Morgan fingerprint density at radius 1 is 1.29 bits per heavy atom. The first-order valence-corrected chi connectivity index (χ1v) is 7.82. The van der Waals surface area contributed by atoms with Crippen LogP contribution in [0.5, 0.6) is 0 Å². The number of aliphatic hydroxyl groups excluding tert-OH is 1. The summed E-state index contributed by atoms with van der Waals surface area (Å²) in [6.45, 7) is 6.04. The van der Waals surface area contributed by atoms with Crippen molar-refractivity contribution in [1.82, 2.24) is 4.90 Å². The normalized spacial score (nSPS) is 14.7. The molecule has 1 N–H and O–H groups in total. The minimum Gasteiger partial charge on any atom is -0.395 e. The van der Waals surface area contributed by atoms with Gasteiger partial charge in [-0.3, -0.25) is 9.69 Å². The number of rotatable bonds is 8. The number of anilines is 1. The molecule has 0 atom stereocenters. The van der Waals surface area contributed by atoms with Crippen molar-refractivity contribution in [3.63, 3.8) is 0 Å². The number of para-hydroxylation sites is 1. The number of nitrogens with zero attached hydrogens (tertiary/aromatic N) is 2. The Bertz CT molecular complexity index is 443. The Labute approximate surface area is 127 Å². The fraction of sp³-hybridized carbons (Fsp3) is 0.588. The summed E-state index contributed by atoms with van der Waals surface area (Å²) < 4.78 is 0. The molecule has 0 spiro atoms. The van der Waals surface area contributed by atoms with Crippen molar-refractivity contribution in [2.24, 2.45) is 5.92 Å². The third-order valence-corrected chi connectivity index (χ3v) is 3.81. The van der Waals surface area contributed by atoms with Crippen LogP contribution >= 0.6 is 0 Å². The van der Waals surface area contributed by atoms with E-state index in [1.54, 1.807) is 0 Å². The fourth-order valence-corrected chi connectivity index (χ4v) is 2.63. The van der Waals surface area contributed by atoms with Crippen LogP contribution in [0.3, 0.4) is 0 Å². The average molecular weight is 290 g/mol. The van der Waals surface area contributed by atoms with E-state index in [0.29, 0.717) is 19.0 Å². The highest BCUT2D eigenvalue weighted by atomic mass is 16.3. The monoisotopic (exact) mass is 290 g/mol. The molecule has 1 aromatic rings. The van der Waals surface area contributed by atoms with Crippen molar-refractivity contribution >= 4 is 11.6 Å². The molecule has 0 aliphatic heterocycles. The van der Waals surface area contributed by atoms with Crippen molar-refractivity contribution in [3.05, 3.63) is 30.3 Å². The minimum absolute atomic E-state index is 0.102. The molecule has 1 saturated carbocycles. The molecular formula is C17H26N2O2. The lowest BCUT2D eigenvalue weighted by molar-refractivity contribution is -0.120. The number of aliphatic hydroxyl groups is 1. The van der Waals surface area contributed by atoms with Gasteiger partial charge < -0.3 is 10.0 Å². The van der Waals surface area contributed by atoms with Gasteiger partial charge in [0.05, 0.1) is 13.2 Å². The molecule has 2 rings (SSSR count). The third kappa shape index (κ3) is 4.83. The molecule has 4 heteroatoms. The molecule has 116 valence electrons. The second-order valence-corrected chi connectivity index (χ2v) is 6.10. The van der Waals surface area contributed by atoms with E-state index in [1.807, 2.05) is 49.1 Å². The summed E-state index contributed by atoms with van der Waals surface area (Å²) in [7, 11) is 0. The lowest BCUT2D eigenvalue weighted by Crippen LogP contribution is -2.45. The Morgan fingerprint density at radius 3 is 2.48 bits per heavy atom. The van der Waals surface area contributed by atoms with Gasteiger partial charge in [-0.05, 0) is 44.7 Å². The minimum atomic E-state index is 0.102. The van der Waals surface area contributed by atoms with Crippen LogP contribution in [0, 0.1) is 5.92 Å². The molecule has 0 bridgehead atoms. The topological polar surface area (TPSA) is 43.8 Å². The van der Waals surface area contributed by atoms with Gasteiger partial charge in [0.2, 0.25) is 5.91 Å². The summed E-state index contributed by atoms with van der Waals surface area (Å²) in [5, 5.41) is 9.18. The number of amides is 1. The van der Waals surface area contributed by atoms with E-state index in [0.717, 1.165) is 12.2 Å². The molecular weight excluding hydrogens is 264 g/mol. The number of carbonyl (C=O) groups is 1. The number of hydrogen-bond donors (Lipinski definition) is 1. The van der Waals surface area contributed by atoms with Crippen LogP contribution in [0.1, 0.15) is 26.7 Å². The maximum Gasteiger partial charge on any atom is 0.241 e. The van der Waals surface area contributed by atoms with E-state index in [9.17, 15) is 9.90 Å². The molecule has 21 heavy (non-hydrogen) atoms. The van der Waals surface area contributed by atoms with Crippen LogP contribution in [0.15, 0.2) is 30.3 Å². The highest BCUT2D eigenvalue weighted by molar-refractivity contribution is 5.95. The molecule has 0 heterocycles.